The Kier molecular flexibility index (Phi) is 7.83. The summed E-state index contributed by atoms with van der Waals surface area (Å²) >= 11 is 0. The van der Waals surface area contributed by atoms with E-state index in [0.717, 1.165) is 19.3 Å². The van der Waals surface area contributed by atoms with Crippen molar-refractivity contribution in [2.75, 3.05) is 27.0 Å². The van der Waals surface area contributed by atoms with Gasteiger partial charge >= 0.3 is 0 Å². The van der Waals surface area contributed by atoms with Gasteiger partial charge in [-0.15, -0.1) is 0 Å². The second-order valence-corrected chi connectivity index (χ2v) is 13.1. The largest absolute Gasteiger partial charge is 0.356 e. The van der Waals surface area contributed by atoms with Crippen molar-refractivity contribution in [3.63, 3.8) is 0 Å². The molecule has 3 aliphatic carbocycles. The van der Waals surface area contributed by atoms with Crippen molar-refractivity contribution >= 4 is 27.7 Å². The van der Waals surface area contributed by atoms with Gasteiger partial charge in [0.2, 0.25) is 21.8 Å². The summed E-state index contributed by atoms with van der Waals surface area (Å²) in [6.07, 6.45) is 8.10. The summed E-state index contributed by atoms with van der Waals surface area (Å²) < 4.78 is 37.9. The van der Waals surface area contributed by atoms with E-state index in [-0.39, 0.29) is 24.7 Å². The standard InChI is InChI=1S/C25H39N3O7S/c1-4-34-16-35-18-13-19-20(14-18)22(30)28(3)12-8-6-5-7-9-17-15-25(17,26-21(19)29)23(31)27-36(32,33)24(2)10-11-24/h7,9,17-20H,4-6,8,10-16H2,1-3H3,(H,26,29)(H,27,31)/b9-7-/t17-,18-,19-,20-,25-/m1/s1. The number of nitrogens with one attached hydrogen (secondary N) is 2. The lowest BCUT2D eigenvalue weighted by atomic mass is 9.93. The van der Waals surface area contributed by atoms with Gasteiger partial charge in [-0.05, 0) is 65.2 Å². The average Bonchev–Trinajstić information content (AvgIpc) is 3.70. The highest BCUT2D eigenvalue weighted by molar-refractivity contribution is 7.91. The molecule has 1 aliphatic heterocycles. The number of rotatable bonds is 7. The number of ether oxygens (including phenoxy) is 2. The Bertz CT molecular complexity index is 1010. The van der Waals surface area contributed by atoms with Gasteiger partial charge in [-0.1, -0.05) is 12.2 Å². The van der Waals surface area contributed by atoms with Crippen molar-refractivity contribution in [3.05, 3.63) is 12.2 Å². The molecule has 10 nitrogen and oxygen atoms in total. The van der Waals surface area contributed by atoms with Gasteiger partial charge in [-0.3, -0.25) is 19.1 Å². The number of carbonyl (C=O) groups excluding carboxylic acids is 3. The normalized spacial score (nSPS) is 35.1. The number of fused-ring (bicyclic) bond motifs is 2. The highest BCUT2D eigenvalue weighted by atomic mass is 32.2. The van der Waals surface area contributed by atoms with Crippen molar-refractivity contribution in [1.82, 2.24) is 14.9 Å². The van der Waals surface area contributed by atoms with Crippen LogP contribution >= 0.6 is 0 Å². The molecule has 0 saturated heterocycles. The molecule has 0 unspecified atom stereocenters. The number of hydrogen-bond acceptors (Lipinski definition) is 7. The van der Waals surface area contributed by atoms with Crippen LogP contribution in [-0.4, -0.2) is 74.4 Å². The highest BCUT2D eigenvalue weighted by Gasteiger charge is 2.63. The number of hydrogen-bond donors (Lipinski definition) is 2. The monoisotopic (exact) mass is 525 g/mol. The third-order valence-electron chi connectivity index (χ3n) is 8.22. The van der Waals surface area contributed by atoms with Crippen molar-refractivity contribution in [1.29, 1.82) is 0 Å². The van der Waals surface area contributed by atoms with E-state index in [9.17, 15) is 22.8 Å². The molecular weight excluding hydrogens is 486 g/mol. The zero-order chi connectivity index (χ0) is 26.1. The van der Waals surface area contributed by atoms with Gasteiger partial charge in [0.1, 0.15) is 12.3 Å². The fourth-order valence-electron chi connectivity index (χ4n) is 5.26. The molecule has 0 aromatic heterocycles. The van der Waals surface area contributed by atoms with E-state index in [2.05, 4.69) is 10.0 Å². The summed E-state index contributed by atoms with van der Waals surface area (Å²) in [5, 5.41) is 2.89. The molecule has 0 aromatic rings. The van der Waals surface area contributed by atoms with Gasteiger partial charge in [0.15, 0.2) is 0 Å². The van der Waals surface area contributed by atoms with Crippen LogP contribution in [0.1, 0.15) is 65.2 Å². The van der Waals surface area contributed by atoms with Gasteiger partial charge in [-0.25, -0.2) is 8.42 Å². The summed E-state index contributed by atoms with van der Waals surface area (Å²) in [6.45, 7) is 4.66. The maximum absolute atomic E-state index is 13.6. The third kappa shape index (κ3) is 5.47. The quantitative estimate of drug-likeness (QED) is 0.292. The summed E-state index contributed by atoms with van der Waals surface area (Å²) in [4.78, 5) is 41.9. The SMILES string of the molecule is CCOCO[C@@H]1C[C@H]2C(=O)N[C@]3(C(=O)NS(=O)(=O)C4(C)CC4)C[C@H]3/C=C\CCCCN(C)C(=O)[C@@H]2C1. The zero-order valence-electron chi connectivity index (χ0n) is 21.5. The van der Waals surface area contributed by atoms with Gasteiger partial charge < -0.3 is 19.7 Å². The molecule has 36 heavy (non-hydrogen) atoms. The Balaban J connectivity index is 1.57. The molecule has 2 N–H and O–H groups in total. The zero-order valence-corrected chi connectivity index (χ0v) is 22.3. The van der Waals surface area contributed by atoms with Crippen molar-refractivity contribution in [3.8, 4) is 0 Å². The first-order chi connectivity index (χ1) is 17.0. The molecule has 4 rings (SSSR count). The second kappa shape index (κ2) is 10.4. The Morgan fingerprint density at radius 1 is 1.22 bits per heavy atom. The summed E-state index contributed by atoms with van der Waals surface area (Å²) in [7, 11) is -2.10. The fourth-order valence-corrected chi connectivity index (χ4v) is 6.57. The number of carbonyl (C=O) groups is 3. The first-order valence-electron chi connectivity index (χ1n) is 13.0. The molecule has 3 fully saturated rings. The predicted molar refractivity (Wildman–Crippen MR) is 132 cm³/mol. The number of allylic oxidation sites excluding steroid dienone is 1. The minimum absolute atomic E-state index is 0.0854. The first kappa shape index (κ1) is 27.1. The second-order valence-electron chi connectivity index (χ2n) is 10.9. The number of sulfonamides is 1. The van der Waals surface area contributed by atoms with E-state index >= 15 is 0 Å². The number of nitrogens with zero attached hydrogens (tertiary/aromatic N) is 1. The molecule has 0 bridgehead atoms. The Labute approximate surface area is 213 Å². The lowest BCUT2D eigenvalue weighted by Crippen LogP contribution is -2.55. The third-order valence-corrected chi connectivity index (χ3v) is 10.4. The van der Waals surface area contributed by atoms with Gasteiger partial charge in [0.25, 0.3) is 5.91 Å². The van der Waals surface area contributed by atoms with Crippen molar-refractivity contribution < 1.29 is 32.3 Å². The molecule has 3 amide bonds. The van der Waals surface area contributed by atoms with Crippen molar-refractivity contribution in [2.45, 2.75) is 81.6 Å². The molecule has 5 atom stereocenters. The van der Waals surface area contributed by atoms with Crippen LogP contribution in [0.2, 0.25) is 0 Å². The molecular formula is C25H39N3O7S. The van der Waals surface area contributed by atoms with Crippen LogP contribution in [0.4, 0.5) is 0 Å². The molecule has 0 spiro atoms. The van der Waals surface area contributed by atoms with Gasteiger partial charge in [-0.2, -0.15) is 0 Å². The maximum atomic E-state index is 13.6. The van der Waals surface area contributed by atoms with Gasteiger partial charge in [0.05, 0.1) is 22.7 Å². The molecule has 11 heteroatoms. The summed E-state index contributed by atoms with van der Waals surface area (Å²) in [6, 6.07) is 0. The maximum Gasteiger partial charge on any atom is 0.259 e. The van der Waals surface area contributed by atoms with Crippen molar-refractivity contribution in [2.24, 2.45) is 17.8 Å². The Hall–Kier alpha value is -1.98. The van der Waals surface area contributed by atoms with Crippen LogP contribution in [0.15, 0.2) is 12.2 Å². The summed E-state index contributed by atoms with van der Waals surface area (Å²) in [5.74, 6) is -2.78. The van der Waals surface area contributed by atoms with Crippen LogP contribution in [0.25, 0.3) is 0 Å². The minimum atomic E-state index is -3.85. The van der Waals surface area contributed by atoms with E-state index in [0.29, 0.717) is 45.3 Å². The van der Waals surface area contributed by atoms with E-state index < -0.39 is 44.0 Å². The number of amides is 3. The lowest BCUT2D eigenvalue weighted by molar-refractivity contribution is -0.140. The highest BCUT2D eigenvalue weighted by Crippen LogP contribution is 2.48. The molecule has 0 radical (unpaired) electrons. The first-order valence-corrected chi connectivity index (χ1v) is 14.5. The van der Waals surface area contributed by atoms with Crippen LogP contribution in [0.3, 0.4) is 0 Å². The van der Waals surface area contributed by atoms with Crippen LogP contribution in [0.5, 0.6) is 0 Å². The smallest absolute Gasteiger partial charge is 0.259 e. The Morgan fingerprint density at radius 3 is 2.64 bits per heavy atom. The van der Waals surface area contributed by atoms with E-state index in [1.165, 1.54) is 0 Å². The minimum Gasteiger partial charge on any atom is -0.356 e. The average molecular weight is 526 g/mol. The van der Waals surface area contributed by atoms with Gasteiger partial charge in [0, 0.05) is 26.1 Å². The molecule has 202 valence electrons. The van der Waals surface area contributed by atoms with E-state index in [1.54, 1.807) is 18.9 Å². The molecule has 1 heterocycles. The Morgan fingerprint density at radius 2 is 1.94 bits per heavy atom. The van der Waals surface area contributed by atoms with E-state index in [1.807, 2.05) is 19.1 Å². The summed E-state index contributed by atoms with van der Waals surface area (Å²) in [5.41, 5.74) is -1.33. The lowest BCUT2D eigenvalue weighted by Gasteiger charge is -2.27. The predicted octanol–water partition coefficient (Wildman–Crippen LogP) is 1.46. The van der Waals surface area contributed by atoms with Crippen LogP contribution in [-0.2, 0) is 33.9 Å². The van der Waals surface area contributed by atoms with Crippen LogP contribution < -0.4 is 10.0 Å². The van der Waals surface area contributed by atoms with E-state index in [4.69, 9.17) is 9.47 Å². The molecule has 3 saturated carbocycles. The molecule has 4 aliphatic rings. The van der Waals surface area contributed by atoms with Crippen LogP contribution in [0, 0.1) is 17.8 Å². The molecule has 0 aromatic carbocycles. The fraction of sp³-hybridized carbons (Fsp3) is 0.800. The topological polar surface area (TPSA) is 131 Å².